The Morgan fingerprint density at radius 1 is 1.37 bits per heavy atom. The Balaban J connectivity index is 2.06. The molecule has 4 N–H and O–H groups in total. The Labute approximate surface area is 114 Å². The Morgan fingerprint density at radius 2 is 2.05 bits per heavy atom. The van der Waals surface area contributed by atoms with Gasteiger partial charge in [-0.2, -0.15) is 0 Å². The minimum Gasteiger partial charge on any atom is -0.396 e. The summed E-state index contributed by atoms with van der Waals surface area (Å²) in [6, 6.07) is 1.76. The predicted octanol–water partition coefficient (Wildman–Crippen LogP) is 2.15. The smallest absolute Gasteiger partial charge is 0.135 e. The van der Waals surface area contributed by atoms with Crippen LogP contribution in [0.4, 0.5) is 11.6 Å². The summed E-state index contributed by atoms with van der Waals surface area (Å²) < 4.78 is 0. The number of aromatic nitrogens is 2. The minimum atomic E-state index is 0.0116. The highest BCUT2D eigenvalue weighted by Crippen LogP contribution is 2.37. The number of hydrogen-bond acceptors (Lipinski definition) is 5. The van der Waals surface area contributed by atoms with Gasteiger partial charge in [0.2, 0.25) is 0 Å². The van der Waals surface area contributed by atoms with Crippen molar-refractivity contribution in [3.05, 3.63) is 11.9 Å². The molecule has 1 fully saturated rings. The fourth-order valence-corrected chi connectivity index (χ4v) is 2.63. The normalized spacial score (nSPS) is 17.9. The van der Waals surface area contributed by atoms with E-state index in [0.717, 1.165) is 31.0 Å². The molecule has 1 aliphatic rings. The van der Waals surface area contributed by atoms with E-state index < -0.39 is 0 Å². The van der Waals surface area contributed by atoms with E-state index in [1.807, 2.05) is 13.8 Å². The number of aliphatic hydroxyl groups excluding tert-OH is 1. The van der Waals surface area contributed by atoms with E-state index in [0.29, 0.717) is 5.82 Å². The maximum atomic E-state index is 9.59. The molecule has 1 aliphatic carbocycles. The third-order valence-electron chi connectivity index (χ3n) is 3.92. The van der Waals surface area contributed by atoms with Gasteiger partial charge >= 0.3 is 0 Å². The zero-order valence-corrected chi connectivity index (χ0v) is 11.8. The van der Waals surface area contributed by atoms with Gasteiger partial charge in [-0.15, -0.1) is 0 Å². The second-order valence-corrected chi connectivity index (χ2v) is 5.91. The monoisotopic (exact) mass is 264 g/mol. The predicted molar refractivity (Wildman–Crippen MR) is 77.0 cm³/mol. The molecule has 2 rings (SSSR count). The van der Waals surface area contributed by atoms with Crippen molar-refractivity contribution < 1.29 is 5.11 Å². The summed E-state index contributed by atoms with van der Waals surface area (Å²) in [6.07, 6.45) is 4.55. The number of nitrogens with one attached hydrogen (secondary N) is 1. The Hall–Kier alpha value is -1.36. The lowest BCUT2D eigenvalue weighted by Crippen LogP contribution is -2.30. The lowest BCUT2D eigenvalue weighted by molar-refractivity contribution is 0.142. The summed E-state index contributed by atoms with van der Waals surface area (Å²) in [7, 11) is 0. The first-order valence-electron chi connectivity index (χ1n) is 7.04. The van der Waals surface area contributed by atoms with E-state index in [-0.39, 0.29) is 17.9 Å². The highest BCUT2D eigenvalue weighted by Gasteiger charge is 2.33. The van der Waals surface area contributed by atoms with Crippen LogP contribution in [0.5, 0.6) is 0 Å². The van der Waals surface area contributed by atoms with Gasteiger partial charge in [0.05, 0.1) is 6.61 Å². The van der Waals surface area contributed by atoms with E-state index in [9.17, 15) is 5.11 Å². The topological polar surface area (TPSA) is 84.1 Å². The van der Waals surface area contributed by atoms with E-state index in [1.54, 1.807) is 6.07 Å². The number of nitrogen functional groups attached to an aromatic ring is 1. The number of rotatable bonds is 5. The molecule has 0 atom stereocenters. The maximum absolute atomic E-state index is 9.59. The quantitative estimate of drug-likeness (QED) is 0.759. The Kier molecular flexibility index (Phi) is 4.24. The lowest BCUT2D eigenvalue weighted by Gasteiger charge is -2.27. The second kappa shape index (κ2) is 5.74. The molecule has 1 saturated carbocycles. The average Bonchev–Trinajstić information content (AvgIpc) is 2.85. The summed E-state index contributed by atoms with van der Waals surface area (Å²) in [5.41, 5.74) is 5.82. The van der Waals surface area contributed by atoms with Crippen LogP contribution in [0.1, 0.15) is 51.3 Å². The largest absolute Gasteiger partial charge is 0.396 e. The summed E-state index contributed by atoms with van der Waals surface area (Å²) in [5.74, 6) is 2.26. The maximum Gasteiger partial charge on any atom is 0.135 e. The van der Waals surface area contributed by atoms with Crippen LogP contribution in [0.2, 0.25) is 0 Å². The SMILES string of the molecule is CC(C)c1nc(N)cc(NCC2(CO)CCCC2)n1. The molecule has 0 aliphatic heterocycles. The first-order valence-corrected chi connectivity index (χ1v) is 7.04. The van der Waals surface area contributed by atoms with Crippen LogP contribution in [0.25, 0.3) is 0 Å². The minimum absolute atomic E-state index is 0.0116. The summed E-state index contributed by atoms with van der Waals surface area (Å²) >= 11 is 0. The van der Waals surface area contributed by atoms with Gasteiger partial charge in [0.25, 0.3) is 0 Å². The summed E-state index contributed by atoms with van der Waals surface area (Å²) in [6.45, 7) is 5.07. The zero-order valence-electron chi connectivity index (χ0n) is 11.8. The van der Waals surface area contributed by atoms with E-state index in [2.05, 4.69) is 15.3 Å². The van der Waals surface area contributed by atoms with Crippen molar-refractivity contribution in [2.75, 3.05) is 24.2 Å². The number of aliphatic hydroxyl groups is 1. The summed E-state index contributed by atoms with van der Waals surface area (Å²) in [4.78, 5) is 8.70. The van der Waals surface area contributed by atoms with Crippen molar-refractivity contribution in [1.29, 1.82) is 0 Å². The molecule has 106 valence electrons. The molecule has 0 radical (unpaired) electrons. The van der Waals surface area contributed by atoms with Crippen LogP contribution in [0, 0.1) is 5.41 Å². The van der Waals surface area contributed by atoms with E-state index in [1.165, 1.54) is 12.8 Å². The number of nitrogens with two attached hydrogens (primary N) is 1. The van der Waals surface area contributed by atoms with Gasteiger partial charge in [-0.1, -0.05) is 26.7 Å². The molecule has 19 heavy (non-hydrogen) atoms. The molecule has 0 unspecified atom stereocenters. The van der Waals surface area contributed by atoms with Crippen molar-refractivity contribution in [2.45, 2.75) is 45.4 Å². The second-order valence-electron chi connectivity index (χ2n) is 5.91. The van der Waals surface area contributed by atoms with Crippen LogP contribution in [-0.4, -0.2) is 28.2 Å². The van der Waals surface area contributed by atoms with Gasteiger partial charge in [-0.05, 0) is 12.8 Å². The first kappa shape index (κ1) is 14.1. The van der Waals surface area contributed by atoms with Gasteiger partial charge in [0, 0.05) is 23.9 Å². The molecule has 0 bridgehead atoms. The number of anilines is 2. The van der Waals surface area contributed by atoms with Gasteiger partial charge in [-0.3, -0.25) is 0 Å². The fraction of sp³-hybridized carbons (Fsp3) is 0.714. The van der Waals surface area contributed by atoms with E-state index >= 15 is 0 Å². The Bertz CT molecular complexity index is 427. The third kappa shape index (κ3) is 3.35. The van der Waals surface area contributed by atoms with Gasteiger partial charge in [-0.25, -0.2) is 9.97 Å². The first-order chi connectivity index (χ1) is 9.04. The highest BCUT2D eigenvalue weighted by molar-refractivity contribution is 5.45. The van der Waals surface area contributed by atoms with Crippen molar-refractivity contribution in [3.8, 4) is 0 Å². The summed E-state index contributed by atoms with van der Waals surface area (Å²) in [5, 5.41) is 12.9. The zero-order chi connectivity index (χ0) is 13.9. The Morgan fingerprint density at radius 3 is 2.63 bits per heavy atom. The van der Waals surface area contributed by atoms with Crippen molar-refractivity contribution >= 4 is 11.6 Å². The standard InChI is InChI=1S/C14H24N4O/c1-10(2)13-17-11(15)7-12(18-13)16-8-14(9-19)5-3-4-6-14/h7,10,19H,3-6,8-9H2,1-2H3,(H3,15,16,17,18). The molecule has 1 heterocycles. The number of nitrogens with zero attached hydrogens (tertiary/aromatic N) is 2. The molecule has 1 aromatic rings. The van der Waals surface area contributed by atoms with E-state index in [4.69, 9.17) is 5.73 Å². The molecular formula is C14H24N4O. The highest BCUT2D eigenvalue weighted by atomic mass is 16.3. The van der Waals surface area contributed by atoms with Crippen LogP contribution < -0.4 is 11.1 Å². The molecule has 0 saturated heterocycles. The van der Waals surface area contributed by atoms with Gasteiger partial charge < -0.3 is 16.2 Å². The third-order valence-corrected chi connectivity index (χ3v) is 3.92. The van der Waals surface area contributed by atoms with Crippen LogP contribution >= 0.6 is 0 Å². The molecule has 1 aromatic heterocycles. The lowest BCUT2D eigenvalue weighted by atomic mass is 9.87. The average molecular weight is 264 g/mol. The van der Waals surface area contributed by atoms with Gasteiger partial charge in [0.1, 0.15) is 17.5 Å². The molecule has 0 aromatic carbocycles. The van der Waals surface area contributed by atoms with Gasteiger partial charge in [0.15, 0.2) is 0 Å². The molecule has 0 spiro atoms. The van der Waals surface area contributed by atoms with Crippen LogP contribution in [0.3, 0.4) is 0 Å². The van der Waals surface area contributed by atoms with Crippen molar-refractivity contribution in [3.63, 3.8) is 0 Å². The van der Waals surface area contributed by atoms with Crippen molar-refractivity contribution in [1.82, 2.24) is 9.97 Å². The van der Waals surface area contributed by atoms with Crippen LogP contribution in [0.15, 0.2) is 6.07 Å². The number of hydrogen-bond donors (Lipinski definition) is 3. The van der Waals surface area contributed by atoms with Crippen molar-refractivity contribution in [2.24, 2.45) is 5.41 Å². The van der Waals surface area contributed by atoms with Crippen LogP contribution in [-0.2, 0) is 0 Å². The molecule has 5 heteroatoms. The fourth-order valence-electron chi connectivity index (χ4n) is 2.63. The molecular weight excluding hydrogens is 240 g/mol. The molecule has 0 amide bonds. The molecule has 5 nitrogen and oxygen atoms in total.